The Morgan fingerprint density at radius 1 is 0.431 bits per heavy atom. The van der Waals surface area contributed by atoms with E-state index in [1.165, 1.54) is 199 Å². The second kappa shape index (κ2) is 54.7. The van der Waals surface area contributed by atoms with Crippen LogP contribution in [0.1, 0.15) is 303 Å². The van der Waals surface area contributed by atoms with Gasteiger partial charge in [0.15, 0.2) is 0 Å². The molecule has 0 aromatic heterocycles. The van der Waals surface area contributed by atoms with E-state index in [1.807, 2.05) is 6.08 Å². The van der Waals surface area contributed by atoms with Crippen molar-refractivity contribution >= 4 is 11.9 Å². The Hall–Kier alpha value is -1.92. The Bertz CT molecular complexity index is 1060. The molecule has 2 unspecified atom stereocenters. The maximum absolute atomic E-state index is 12.5. The van der Waals surface area contributed by atoms with Gasteiger partial charge in [0.1, 0.15) is 0 Å². The minimum Gasteiger partial charge on any atom is -0.466 e. The van der Waals surface area contributed by atoms with Crippen LogP contribution in [0, 0.1) is 0 Å². The van der Waals surface area contributed by atoms with Gasteiger partial charge in [0.05, 0.1) is 25.4 Å². The number of esters is 1. The molecule has 6 nitrogen and oxygen atoms in total. The number of nitrogens with one attached hydrogen (secondary N) is 1. The first-order chi connectivity index (χ1) is 32.0. The maximum atomic E-state index is 12.5. The molecule has 0 radical (unpaired) electrons. The first-order valence-corrected chi connectivity index (χ1v) is 28.8. The van der Waals surface area contributed by atoms with E-state index in [9.17, 15) is 19.8 Å². The summed E-state index contributed by atoms with van der Waals surface area (Å²) in [5.41, 5.74) is 0. The van der Waals surface area contributed by atoms with Crippen LogP contribution < -0.4 is 5.32 Å². The highest BCUT2D eigenvalue weighted by Crippen LogP contribution is 2.16. The zero-order chi connectivity index (χ0) is 47.2. The van der Waals surface area contributed by atoms with Crippen LogP contribution in [0.25, 0.3) is 0 Å². The third-order valence-corrected chi connectivity index (χ3v) is 13.2. The fourth-order valence-corrected chi connectivity index (χ4v) is 8.74. The van der Waals surface area contributed by atoms with Gasteiger partial charge in [-0.3, -0.25) is 9.59 Å². The lowest BCUT2D eigenvalue weighted by molar-refractivity contribution is -0.143. The summed E-state index contributed by atoms with van der Waals surface area (Å²) in [6.45, 7) is 4.86. The predicted octanol–water partition coefficient (Wildman–Crippen LogP) is 17.6. The summed E-state index contributed by atoms with van der Waals surface area (Å²) in [6.07, 6.45) is 67.3. The fraction of sp³-hybridized carbons (Fsp3) is 0.864. The van der Waals surface area contributed by atoms with E-state index in [0.29, 0.717) is 19.4 Å². The molecule has 0 fully saturated rings. The Morgan fingerprint density at radius 3 is 1.14 bits per heavy atom. The monoisotopic (exact) mass is 914 g/mol. The quantitative estimate of drug-likeness (QED) is 0.0244. The molecule has 382 valence electrons. The van der Waals surface area contributed by atoms with Gasteiger partial charge >= 0.3 is 5.97 Å². The Balaban J connectivity index is 3.54. The van der Waals surface area contributed by atoms with Gasteiger partial charge in [-0.05, 0) is 64.2 Å². The van der Waals surface area contributed by atoms with Crippen LogP contribution in [0.15, 0.2) is 36.5 Å². The third kappa shape index (κ3) is 51.3. The second-order valence-electron chi connectivity index (χ2n) is 19.7. The van der Waals surface area contributed by atoms with Crippen LogP contribution in [0.2, 0.25) is 0 Å². The zero-order valence-corrected chi connectivity index (χ0v) is 43.5. The van der Waals surface area contributed by atoms with Crippen LogP contribution in [0.4, 0.5) is 0 Å². The van der Waals surface area contributed by atoms with E-state index in [2.05, 4.69) is 43.5 Å². The molecule has 1 amide bonds. The highest BCUT2D eigenvalue weighted by molar-refractivity contribution is 5.76. The van der Waals surface area contributed by atoms with Crippen molar-refractivity contribution in [1.82, 2.24) is 5.32 Å². The number of carbonyl (C=O) groups is 2. The number of rotatable bonds is 53. The average Bonchev–Trinajstić information content (AvgIpc) is 3.31. The summed E-state index contributed by atoms with van der Waals surface area (Å²) in [5, 5.41) is 23.1. The molecule has 0 rings (SSSR count). The standard InChI is InChI=1S/C59H111NO5/c1-3-5-7-9-11-13-15-17-19-21-23-27-31-35-39-43-47-51-57(62)56(55-61)60-58(63)52-48-44-40-36-32-28-24-22-26-30-34-38-42-46-50-54-65-59(64)53-49-45-41-37-33-29-25-20-18-16-14-12-10-8-6-4-2/h22,26,30,34,47,51,56-57,61-62H,3-21,23-25,27-29,31-33,35-46,48-50,52-55H2,1-2H3,(H,60,63)/b26-22-,34-30-,51-47+. The minimum atomic E-state index is -0.859. The number of allylic oxidation sites excluding steroid dienone is 5. The summed E-state index contributed by atoms with van der Waals surface area (Å²) in [5.74, 6) is -0.109. The lowest BCUT2D eigenvalue weighted by atomic mass is 10.0. The van der Waals surface area contributed by atoms with Crippen molar-refractivity contribution in [3.05, 3.63) is 36.5 Å². The van der Waals surface area contributed by atoms with Crippen LogP contribution in [0.5, 0.6) is 0 Å². The van der Waals surface area contributed by atoms with Crippen molar-refractivity contribution in [3.63, 3.8) is 0 Å². The average molecular weight is 915 g/mol. The molecular formula is C59H111NO5. The van der Waals surface area contributed by atoms with Crippen LogP contribution in [-0.2, 0) is 14.3 Å². The molecule has 0 spiro atoms. The highest BCUT2D eigenvalue weighted by atomic mass is 16.5. The lowest BCUT2D eigenvalue weighted by Crippen LogP contribution is -2.45. The Kier molecular flexibility index (Phi) is 53.1. The Morgan fingerprint density at radius 2 is 0.754 bits per heavy atom. The van der Waals surface area contributed by atoms with Gasteiger partial charge in [-0.2, -0.15) is 0 Å². The van der Waals surface area contributed by atoms with Crippen molar-refractivity contribution in [2.45, 2.75) is 315 Å². The molecule has 3 N–H and O–H groups in total. The molecule has 0 aliphatic rings. The molecule has 2 atom stereocenters. The molecule has 0 aromatic rings. The number of carbonyl (C=O) groups excluding carboxylic acids is 2. The van der Waals surface area contributed by atoms with E-state index in [-0.39, 0.29) is 18.5 Å². The number of aliphatic hydroxyl groups excluding tert-OH is 2. The summed E-state index contributed by atoms with van der Waals surface area (Å²) >= 11 is 0. The predicted molar refractivity (Wildman–Crippen MR) is 283 cm³/mol. The maximum Gasteiger partial charge on any atom is 0.305 e. The number of aliphatic hydroxyl groups is 2. The van der Waals surface area contributed by atoms with Gasteiger partial charge in [-0.15, -0.1) is 0 Å². The van der Waals surface area contributed by atoms with Crippen molar-refractivity contribution in [1.29, 1.82) is 0 Å². The van der Waals surface area contributed by atoms with E-state index in [1.54, 1.807) is 6.08 Å². The summed E-state index contributed by atoms with van der Waals surface area (Å²) < 4.78 is 5.45. The second-order valence-corrected chi connectivity index (χ2v) is 19.7. The van der Waals surface area contributed by atoms with Crippen LogP contribution in [0.3, 0.4) is 0 Å². The first-order valence-electron chi connectivity index (χ1n) is 28.8. The summed E-state index contributed by atoms with van der Waals surface area (Å²) in [6, 6.07) is -0.645. The molecule has 0 heterocycles. The SMILES string of the molecule is CCCCCCCCCCCCCCCCC/C=C/C(O)C(CO)NC(=O)CCCCCCCC/C=C\C=C/CCCCCOC(=O)CCCCCCCCCCCCCCCCCC. The zero-order valence-electron chi connectivity index (χ0n) is 43.5. The Labute approximate surface area is 404 Å². The van der Waals surface area contributed by atoms with Crippen molar-refractivity contribution in [3.8, 4) is 0 Å². The number of unbranched alkanes of at least 4 members (excludes halogenated alkanes) is 39. The van der Waals surface area contributed by atoms with Crippen LogP contribution >= 0.6 is 0 Å². The summed E-state index contributed by atoms with van der Waals surface area (Å²) in [4.78, 5) is 24.5. The van der Waals surface area contributed by atoms with Gasteiger partial charge in [-0.1, -0.05) is 262 Å². The molecule has 65 heavy (non-hydrogen) atoms. The molecule has 6 heteroatoms. The number of hydrogen-bond acceptors (Lipinski definition) is 5. The third-order valence-electron chi connectivity index (χ3n) is 13.2. The van der Waals surface area contributed by atoms with E-state index in [4.69, 9.17) is 4.74 Å². The van der Waals surface area contributed by atoms with Gasteiger partial charge in [0.25, 0.3) is 0 Å². The molecule has 0 aliphatic carbocycles. The summed E-state index contributed by atoms with van der Waals surface area (Å²) in [7, 11) is 0. The smallest absolute Gasteiger partial charge is 0.305 e. The molecular weight excluding hydrogens is 803 g/mol. The molecule has 0 saturated carbocycles. The number of amides is 1. The molecule has 0 aromatic carbocycles. The largest absolute Gasteiger partial charge is 0.466 e. The first kappa shape index (κ1) is 63.1. The molecule has 0 aliphatic heterocycles. The van der Waals surface area contributed by atoms with Crippen LogP contribution in [-0.4, -0.2) is 47.4 Å². The van der Waals surface area contributed by atoms with Gasteiger partial charge in [-0.25, -0.2) is 0 Å². The molecule has 0 saturated heterocycles. The topological polar surface area (TPSA) is 95.9 Å². The van der Waals surface area contributed by atoms with Gasteiger partial charge in [0, 0.05) is 12.8 Å². The lowest BCUT2D eigenvalue weighted by Gasteiger charge is -2.20. The van der Waals surface area contributed by atoms with Gasteiger partial charge in [0.2, 0.25) is 5.91 Å². The number of hydrogen-bond donors (Lipinski definition) is 3. The molecule has 0 bridgehead atoms. The minimum absolute atomic E-state index is 0.0195. The van der Waals surface area contributed by atoms with Crippen molar-refractivity contribution < 1.29 is 24.5 Å². The van der Waals surface area contributed by atoms with Gasteiger partial charge < -0.3 is 20.3 Å². The number of ether oxygens (including phenoxy) is 1. The normalized spacial score (nSPS) is 12.9. The fourth-order valence-electron chi connectivity index (χ4n) is 8.74. The van der Waals surface area contributed by atoms with E-state index in [0.717, 1.165) is 77.0 Å². The van der Waals surface area contributed by atoms with E-state index < -0.39 is 12.1 Å². The van der Waals surface area contributed by atoms with Crippen molar-refractivity contribution in [2.24, 2.45) is 0 Å². The highest BCUT2D eigenvalue weighted by Gasteiger charge is 2.18. The van der Waals surface area contributed by atoms with Crippen molar-refractivity contribution in [2.75, 3.05) is 13.2 Å². The van der Waals surface area contributed by atoms with E-state index >= 15 is 0 Å².